The molecule has 0 radical (unpaired) electrons. The van der Waals surface area contributed by atoms with Gasteiger partial charge >= 0.3 is 0 Å². The van der Waals surface area contributed by atoms with Crippen LogP contribution in [0, 0.1) is 23.2 Å². The minimum atomic E-state index is 0.0226. The average Bonchev–Trinajstić information content (AvgIpc) is 2.94. The van der Waals surface area contributed by atoms with Gasteiger partial charge in [-0.15, -0.1) is 0 Å². The molecular formula is C19H22N2OS. The number of thioether (sulfide) groups is 1. The maximum absolute atomic E-state index is 13.1. The largest absolute Gasteiger partial charge is 0.298 e. The van der Waals surface area contributed by atoms with Gasteiger partial charge in [-0.1, -0.05) is 17.8 Å². The highest BCUT2D eigenvalue weighted by molar-refractivity contribution is 7.99. The first-order chi connectivity index (χ1) is 11.2. The molecule has 4 bridgehead atoms. The molecule has 4 saturated carbocycles. The number of carbonyl (C=O) groups is 1. The molecule has 0 spiro atoms. The van der Waals surface area contributed by atoms with Crippen LogP contribution in [0.5, 0.6) is 0 Å². The van der Waals surface area contributed by atoms with Gasteiger partial charge in [-0.25, -0.2) is 4.98 Å². The van der Waals surface area contributed by atoms with Crippen molar-refractivity contribution in [2.75, 3.05) is 5.75 Å². The second-order valence-corrected chi connectivity index (χ2v) is 8.89. The zero-order valence-corrected chi connectivity index (χ0v) is 14.1. The van der Waals surface area contributed by atoms with Crippen LogP contribution in [0.15, 0.2) is 35.7 Å². The molecule has 6 rings (SSSR count). The van der Waals surface area contributed by atoms with Crippen molar-refractivity contribution >= 4 is 23.1 Å². The molecule has 0 aromatic carbocycles. The Kier molecular flexibility index (Phi) is 3.12. The first-order valence-corrected chi connectivity index (χ1v) is 9.79. The maximum Gasteiger partial charge on any atom is 0.173 e. The number of fused-ring (bicyclic) bond motifs is 1. The molecule has 2 aromatic rings. The highest BCUT2D eigenvalue weighted by Gasteiger charge is 2.54. The summed E-state index contributed by atoms with van der Waals surface area (Å²) in [5.74, 6) is 3.59. The van der Waals surface area contributed by atoms with Crippen molar-refractivity contribution in [2.24, 2.45) is 23.2 Å². The summed E-state index contributed by atoms with van der Waals surface area (Å²) >= 11 is 1.62. The number of imidazole rings is 1. The Bertz CT molecular complexity index is 730. The number of nitrogens with zero attached hydrogens (tertiary/aromatic N) is 2. The fraction of sp³-hybridized carbons (Fsp3) is 0.579. The van der Waals surface area contributed by atoms with E-state index < -0.39 is 0 Å². The van der Waals surface area contributed by atoms with Crippen molar-refractivity contribution in [2.45, 2.75) is 43.7 Å². The normalized spacial score (nSPS) is 35.0. The van der Waals surface area contributed by atoms with Gasteiger partial charge in [0.15, 0.2) is 5.16 Å². The number of hydrogen-bond acceptors (Lipinski definition) is 3. The van der Waals surface area contributed by atoms with Crippen molar-refractivity contribution < 1.29 is 4.79 Å². The van der Waals surface area contributed by atoms with Crippen LogP contribution in [0.2, 0.25) is 0 Å². The van der Waals surface area contributed by atoms with E-state index in [4.69, 9.17) is 0 Å². The molecule has 0 aliphatic heterocycles. The molecule has 0 N–H and O–H groups in total. The number of ketones is 1. The van der Waals surface area contributed by atoms with E-state index in [1.54, 1.807) is 11.8 Å². The van der Waals surface area contributed by atoms with E-state index in [0.717, 1.165) is 28.4 Å². The molecule has 120 valence electrons. The third-order valence-electron chi connectivity index (χ3n) is 6.37. The average molecular weight is 326 g/mol. The van der Waals surface area contributed by atoms with Gasteiger partial charge in [-0.05, 0) is 68.4 Å². The molecule has 23 heavy (non-hydrogen) atoms. The number of rotatable bonds is 4. The molecule has 2 heterocycles. The lowest BCUT2D eigenvalue weighted by Gasteiger charge is -2.56. The molecule has 4 heteroatoms. The lowest BCUT2D eigenvalue weighted by Crippen LogP contribution is -2.50. The summed E-state index contributed by atoms with van der Waals surface area (Å²) in [5, 5.41) is 0.943. The molecule has 0 atom stereocenters. The van der Waals surface area contributed by atoms with Crippen LogP contribution >= 0.6 is 11.8 Å². The Hall–Kier alpha value is -1.29. The second-order valence-electron chi connectivity index (χ2n) is 7.95. The lowest BCUT2D eigenvalue weighted by atomic mass is 9.48. The van der Waals surface area contributed by atoms with Crippen molar-refractivity contribution in [3.05, 3.63) is 30.6 Å². The SMILES string of the molecule is O=C(CSc1ncc2ccccn12)C12CC3CC(CC(C3)C1)C2. The third kappa shape index (κ3) is 2.25. The zero-order chi connectivity index (χ0) is 15.4. The molecule has 0 unspecified atom stereocenters. The smallest absolute Gasteiger partial charge is 0.173 e. The van der Waals surface area contributed by atoms with Crippen LogP contribution in [0.1, 0.15) is 38.5 Å². The predicted octanol–water partition coefficient (Wildman–Crippen LogP) is 4.21. The summed E-state index contributed by atoms with van der Waals surface area (Å²) in [6.45, 7) is 0. The van der Waals surface area contributed by atoms with Gasteiger partial charge in [-0.2, -0.15) is 0 Å². The number of carbonyl (C=O) groups excluding carboxylic acids is 1. The molecule has 4 aliphatic carbocycles. The van der Waals surface area contributed by atoms with Gasteiger partial charge in [0, 0.05) is 11.6 Å². The van der Waals surface area contributed by atoms with Crippen LogP contribution in [0.25, 0.3) is 5.52 Å². The minimum absolute atomic E-state index is 0.0226. The number of Topliss-reactive ketones (excluding diaryl/α,β-unsaturated/α-hetero) is 1. The van der Waals surface area contributed by atoms with Crippen LogP contribution in [0.3, 0.4) is 0 Å². The van der Waals surface area contributed by atoms with Crippen LogP contribution < -0.4 is 0 Å². The maximum atomic E-state index is 13.1. The van der Waals surface area contributed by atoms with Gasteiger partial charge in [0.25, 0.3) is 0 Å². The topological polar surface area (TPSA) is 34.4 Å². The van der Waals surface area contributed by atoms with E-state index >= 15 is 0 Å². The van der Waals surface area contributed by atoms with Crippen molar-refractivity contribution in [3.8, 4) is 0 Å². The summed E-state index contributed by atoms with van der Waals surface area (Å²) in [7, 11) is 0. The van der Waals surface area contributed by atoms with Crippen molar-refractivity contribution in [1.82, 2.24) is 9.38 Å². The van der Waals surface area contributed by atoms with E-state index in [-0.39, 0.29) is 5.41 Å². The molecule has 4 aliphatic rings. The van der Waals surface area contributed by atoms with E-state index in [1.165, 1.54) is 38.5 Å². The zero-order valence-electron chi connectivity index (χ0n) is 13.3. The van der Waals surface area contributed by atoms with E-state index in [9.17, 15) is 4.79 Å². The Morgan fingerprint density at radius 1 is 1.17 bits per heavy atom. The Labute approximate surface area is 140 Å². The van der Waals surface area contributed by atoms with Crippen molar-refractivity contribution in [3.63, 3.8) is 0 Å². The van der Waals surface area contributed by atoms with E-state index in [1.807, 2.05) is 24.5 Å². The number of aromatic nitrogens is 2. The summed E-state index contributed by atoms with van der Waals surface area (Å²) in [6.07, 6.45) is 11.6. The summed E-state index contributed by atoms with van der Waals surface area (Å²) < 4.78 is 2.08. The molecule has 3 nitrogen and oxygen atoms in total. The van der Waals surface area contributed by atoms with E-state index in [2.05, 4.69) is 15.5 Å². The second kappa shape index (κ2) is 5.10. The first kappa shape index (κ1) is 14.1. The Morgan fingerprint density at radius 3 is 2.57 bits per heavy atom. The standard InChI is InChI=1S/C19H22N2OS/c22-17(12-23-18-20-11-16-3-1-2-4-21(16)18)19-8-13-5-14(9-19)7-15(6-13)10-19/h1-4,11,13-15H,5-10,12H2. The molecule has 0 amide bonds. The monoisotopic (exact) mass is 326 g/mol. The summed E-state index contributed by atoms with van der Waals surface area (Å²) in [4.78, 5) is 17.6. The van der Waals surface area contributed by atoms with Gasteiger partial charge in [-0.3, -0.25) is 9.20 Å². The summed E-state index contributed by atoms with van der Waals surface area (Å²) in [6, 6.07) is 6.09. The quantitative estimate of drug-likeness (QED) is 0.789. The summed E-state index contributed by atoms with van der Waals surface area (Å²) in [5.41, 5.74) is 1.12. The van der Waals surface area contributed by atoms with Gasteiger partial charge < -0.3 is 0 Å². The van der Waals surface area contributed by atoms with Crippen LogP contribution in [0.4, 0.5) is 0 Å². The molecule has 0 saturated heterocycles. The highest BCUT2D eigenvalue weighted by Crippen LogP contribution is 2.60. The van der Waals surface area contributed by atoms with Crippen molar-refractivity contribution in [1.29, 1.82) is 0 Å². The Morgan fingerprint density at radius 2 is 1.87 bits per heavy atom. The van der Waals surface area contributed by atoms with Crippen LogP contribution in [-0.4, -0.2) is 20.9 Å². The first-order valence-electron chi connectivity index (χ1n) is 8.80. The highest BCUT2D eigenvalue weighted by atomic mass is 32.2. The third-order valence-corrected chi connectivity index (χ3v) is 7.33. The van der Waals surface area contributed by atoms with Gasteiger partial charge in [0.2, 0.25) is 0 Å². The Balaban J connectivity index is 1.34. The fourth-order valence-electron chi connectivity index (χ4n) is 5.76. The predicted molar refractivity (Wildman–Crippen MR) is 91.5 cm³/mol. The fourth-order valence-corrected chi connectivity index (χ4v) is 6.76. The molecule has 2 aromatic heterocycles. The van der Waals surface area contributed by atoms with Crippen LogP contribution in [-0.2, 0) is 4.79 Å². The van der Waals surface area contributed by atoms with Gasteiger partial charge in [0.1, 0.15) is 5.78 Å². The van der Waals surface area contributed by atoms with Gasteiger partial charge in [0.05, 0.1) is 17.5 Å². The minimum Gasteiger partial charge on any atom is -0.298 e. The number of pyridine rings is 1. The van der Waals surface area contributed by atoms with E-state index in [0.29, 0.717) is 11.5 Å². The number of hydrogen-bond donors (Lipinski definition) is 0. The molecule has 4 fully saturated rings. The molecular weight excluding hydrogens is 304 g/mol. The lowest BCUT2D eigenvalue weighted by molar-refractivity contribution is -0.141.